The Morgan fingerprint density at radius 2 is 1.92 bits per heavy atom. The second kappa shape index (κ2) is 5.86. The number of aromatic hydroxyl groups is 1. The van der Waals surface area contributed by atoms with Crippen molar-refractivity contribution in [3.05, 3.63) is 65.3 Å². The van der Waals surface area contributed by atoms with E-state index in [1.165, 1.54) is 29.7 Å². The highest BCUT2D eigenvalue weighted by Gasteiger charge is 2.13. The van der Waals surface area contributed by atoms with Crippen LogP contribution < -0.4 is 0 Å². The van der Waals surface area contributed by atoms with Gasteiger partial charge < -0.3 is 5.11 Å². The number of halogens is 1. The molecule has 0 bridgehead atoms. The van der Waals surface area contributed by atoms with E-state index in [9.17, 15) is 9.50 Å². The van der Waals surface area contributed by atoms with Crippen LogP contribution in [-0.4, -0.2) is 24.5 Å². The van der Waals surface area contributed by atoms with Crippen LogP contribution in [0.15, 0.2) is 48.1 Å². The van der Waals surface area contributed by atoms with E-state index < -0.39 is 0 Å². The largest absolute Gasteiger partial charge is 0.479 e. The SMILES string of the molecule is Oc1nccc(/C=C/c2c(-c3ccc(F)cc3)nc3sccn23)n1. The zero-order valence-electron chi connectivity index (χ0n) is 12.3. The molecule has 7 heteroatoms. The van der Waals surface area contributed by atoms with Crippen molar-refractivity contribution in [3.63, 3.8) is 0 Å². The molecule has 0 aliphatic carbocycles. The summed E-state index contributed by atoms with van der Waals surface area (Å²) in [7, 11) is 0. The Kier molecular flexibility index (Phi) is 3.55. The van der Waals surface area contributed by atoms with Gasteiger partial charge in [-0.3, -0.25) is 4.40 Å². The van der Waals surface area contributed by atoms with E-state index in [-0.39, 0.29) is 11.8 Å². The normalized spacial score (nSPS) is 11.5. The Morgan fingerprint density at radius 1 is 1.08 bits per heavy atom. The maximum Gasteiger partial charge on any atom is 0.314 e. The summed E-state index contributed by atoms with van der Waals surface area (Å²) in [6.07, 6.45) is 7.05. The molecule has 3 heterocycles. The maximum absolute atomic E-state index is 13.2. The zero-order chi connectivity index (χ0) is 16.5. The summed E-state index contributed by atoms with van der Waals surface area (Å²) in [5.74, 6) is -0.284. The maximum atomic E-state index is 13.2. The molecule has 0 aliphatic heterocycles. The zero-order valence-corrected chi connectivity index (χ0v) is 13.1. The summed E-state index contributed by atoms with van der Waals surface area (Å²) in [5.41, 5.74) is 3.03. The van der Waals surface area contributed by atoms with E-state index >= 15 is 0 Å². The third-order valence-electron chi connectivity index (χ3n) is 3.49. The van der Waals surface area contributed by atoms with Crippen molar-refractivity contribution in [2.24, 2.45) is 0 Å². The lowest BCUT2D eigenvalue weighted by molar-refractivity contribution is 0.430. The van der Waals surface area contributed by atoms with Crippen molar-refractivity contribution in [2.75, 3.05) is 0 Å². The number of fused-ring (bicyclic) bond motifs is 1. The van der Waals surface area contributed by atoms with Crippen molar-refractivity contribution in [1.29, 1.82) is 0 Å². The van der Waals surface area contributed by atoms with Crippen LogP contribution >= 0.6 is 11.3 Å². The van der Waals surface area contributed by atoms with Gasteiger partial charge in [0.25, 0.3) is 0 Å². The molecule has 1 N–H and O–H groups in total. The van der Waals surface area contributed by atoms with Gasteiger partial charge in [0.1, 0.15) is 5.82 Å². The first-order valence-corrected chi connectivity index (χ1v) is 8.00. The molecule has 3 aromatic heterocycles. The summed E-state index contributed by atoms with van der Waals surface area (Å²) in [6, 6.07) is 7.66. The molecule has 24 heavy (non-hydrogen) atoms. The number of nitrogens with zero attached hydrogens (tertiary/aromatic N) is 4. The molecule has 0 amide bonds. The van der Waals surface area contributed by atoms with Gasteiger partial charge in [0, 0.05) is 23.3 Å². The van der Waals surface area contributed by atoms with E-state index in [0.717, 1.165) is 21.9 Å². The average Bonchev–Trinajstić information content (AvgIpc) is 3.15. The third kappa shape index (κ3) is 2.65. The van der Waals surface area contributed by atoms with Crippen LogP contribution in [0, 0.1) is 5.82 Å². The van der Waals surface area contributed by atoms with Gasteiger partial charge in [0.2, 0.25) is 0 Å². The van der Waals surface area contributed by atoms with Crippen molar-refractivity contribution in [2.45, 2.75) is 0 Å². The molecule has 0 saturated carbocycles. The fraction of sp³-hybridized carbons (Fsp3) is 0. The molecule has 5 nitrogen and oxygen atoms in total. The van der Waals surface area contributed by atoms with E-state index in [1.54, 1.807) is 24.3 Å². The third-order valence-corrected chi connectivity index (χ3v) is 4.25. The molecule has 0 aliphatic rings. The second-order valence-electron chi connectivity index (χ2n) is 5.02. The molecule has 0 unspecified atom stereocenters. The van der Waals surface area contributed by atoms with Crippen molar-refractivity contribution >= 4 is 28.4 Å². The van der Waals surface area contributed by atoms with Gasteiger partial charge in [-0.25, -0.2) is 14.4 Å². The van der Waals surface area contributed by atoms with Gasteiger partial charge in [-0.1, -0.05) is 0 Å². The smallest absolute Gasteiger partial charge is 0.314 e. The van der Waals surface area contributed by atoms with Crippen LogP contribution in [0.5, 0.6) is 6.01 Å². The van der Waals surface area contributed by atoms with Crippen LogP contribution in [0.2, 0.25) is 0 Å². The van der Waals surface area contributed by atoms with E-state index in [1.807, 2.05) is 22.1 Å². The van der Waals surface area contributed by atoms with Crippen LogP contribution in [0.1, 0.15) is 11.4 Å². The summed E-state index contributed by atoms with van der Waals surface area (Å²) in [5, 5.41) is 11.3. The Hall–Kier alpha value is -3.06. The number of imidazole rings is 1. The number of hydrogen-bond acceptors (Lipinski definition) is 5. The fourth-order valence-corrected chi connectivity index (χ4v) is 3.12. The van der Waals surface area contributed by atoms with Crippen LogP contribution in [-0.2, 0) is 0 Å². The quantitative estimate of drug-likeness (QED) is 0.616. The molecule has 0 fully saturated rings. The fourth-order valence-electron chi connectivity index (χ4n) is 2.40. The summed E-state index contributed by atoms with van der Waals surface area (Å²) < 4.78 is 15.1. The average molecular weight is 338 g/mol. The molecule has 0 saturated heterocycles. The summed E-state index contributed by atoms with van der Waals surface area (Å²) in [4.78, 5) is 13.1. The predicted octanol–water partition coefficient (Wildman–Crippen LogP) is 3.87. The van der Waals surface area contributed by atoms with Gasteiger partial charge >= 0.3 is 6.01 Å². The minimum Gasteiger partial charge on any atom is -0.479 e. The van der Waals surface area contributed by atoms with E-state index in [2.05, 4.69) is 15.0 Å². The topological polar surface area (TPSA) is 63.3 Å². The van der Waals surface area contributed by atoms with Crippen molar-refractivity contribution in [1.82, 2.24) is 19.4 Å². The standard InChI is InChI=1S/C17H11FN4OS/c18-12-3-1-11(2-4-12)15-14(22-9-10-24-17(22)21-15)6-5-13-7-8-19-16(23)20-13/h1-10H,(H,19,20,23)/b6-5+. The second-order valence-corrected chi connectivity index (χ2v) is 5.90. The first kappa shape index (κ1) is 14.5. The molecular formula is C17H11FN4OS. The van der Waals surface area contributed by atoms with Crippen LogP contribution in [0.25, 0.3) is 28.4 Å². The van der Waals surface area contributed by atoms with E-state index in [4.69, 9.17) is 0 Å². The Morgan fingerprint density at radius 3 is 2.71 bits per heavy atom. The number of benzene rings is 1. The summed E-state index contributed by atoms with van der Waals surface area (Å²) in [6.45, 7) is 0. The Labute approximate surface area is 140 Å². The highest BCUT2D eigenvalue weighted by atomic mass is 32.1. The molecule has 1 aromatic carbocycles. The number of rotatable bonds is 3. The van der Waals surface area contributed by atoms with Gasteiger partial charge in [0.05, 0.1) is 17.1 Å². The summed E-state index contributed by atoms with van der Waals surface area (Å²) >= 11 is 1.52. The molecule has 4 aromatic rings. The molecular weight excluding hydrogens is 327 g/mol. The van der Waals surface area contributed by atoms with Gasteiger partial charge in [-0.05, 0) is 42.5 Å². The minimum absolute atomic E-state index is 0.273. The highest BCUT2D eigenvalue weighted by molar-refractivity contribution is 7.15. The molecule has 0 atom stereocenters. The molecule has 0 spiro atoms. The van der Waals surface area contributed by atoms with E-state index in [0.29, 0.717) is 5.69 Å². The lowest BCUT2D eigenvalue weighted by Crippen LogP contribution is -1.87. The number of aromatic nitrogens is 4. The molecule has 0 radical (unpaired) electrons. The highest BCUT2D eigenvalue weighted by Crippen LogP contribution is 2.28. The molecule has 118 valence electrons. The Bertz CT molecular complexity index is 1040. The van der Waals surface area contributed by atoms with Gasteiger partial charge in [0.15, 0.2) is 4.96 Å². The lowest BCUT2D eigenvalue weighted by Gasteiger charge is -2.00. The number of thiazole rings is 1. The van der Waals surface area contributed by atoms with Crippen molar-refractivity contribution in [3.8, 4) is 17.3 Å². The van der Waals surface area contributed by atoms with Gasteiger partial charge in [-0.2, -0.15) is 4.98 Å². The lowest BCUT2D eigenvalue weighted by atomic mass is 10.1. The predicted molar refractivity (Wildman–Crippen MR) is 91.1 cm³/mol. The van der Waals surface area contributed by atoms with Crippen LogP contribution in [0.3, 0.4) is 0 Å². The number of hydrogen-bond donors (Lipinski definition) is 1. The van der Waals surface area contributed by atoms with Crippen molar-refractivity contribution < 1.29 is 9.50 Å². The first-order chi connectivity index (χ1) is 11.7. The first-order valence-electron chi connectivity index (χ1n) is 7.12. The Balaban J connectivity index is 1.82. The monoisotopic (exact) mass is 338 g/mol. The van der Waals surface area contributed by atoms with Crippen LogP contribution in [0.4, 0.5) is 4.39 Å². The molecule has 4 rings (SSSR count). The minimum atomic E-state index is -0.284. The van der Waals surface area contributed by atoms with Gasteiger partial charge in [-0.15, -0.1) is 11.3 Å².